The van der Waals surface area contributed by atoms with Crippen LogP contribution in [0.15, 0.2) is 78.9 Å². The molecule has 0 saturated heterocycles. The van der Waals surface area contributed by atoms with E-state index >= 15 is 0 Å². The fourth-order valence-corrected chi connectivity index (χ4v) is 3.74. The lowest BCUT2D eigenvalue weighted by molar-refractivity contribution is -0.140. The maximum Gasteiger partial charge on any atom is 0.268 e. The maximum absolute atomic E-state index is 13.7. The van der Waals surface area contributed by atoms with Gasteiger partial charge in [-0.2, -0.15) is 0 Å². The van der Waals surface area contributed by atoms with Crippen molar-refractivity contribution in [1.82, 2.24) is 9.80 Å². The van der Waals surface area contributed by atoms with Gasteiger partial charge in [0.05, 0.1) is 11.1 Å². The van der Waals surface area contributed by atoms with Crippen LogP contribution < -0.4 is 4.74 Å². The Labute approximate surface area is 194 Å². The zero-order valence-corrected chi connectivity index (χ0v) is 19.3. The van der Waals surface area contributed by atoms with Crippen LogP contribution in [0.4, 0.5) is 0 Å². The molecule has 0 aliphatic carbocycles. The zero-order valence-electron chi connectivity index (χ0n) is 17.8. The smallest absolute Gasteiger partial charge is 0.268 e. The monoisotopic (exact) mass is 456 g/mol. The van der Waals surface area contributed by atoms with Crippen molar-refractivity contribution >= 4 is 29.1 Å². The first-order valence-electron chi connectivity index (χ1n) is 10.0. The van der Waals surface area contributed by atoms with E-state index < -0.39 is 6.10 Å². The van der Waals surface area contributed by atoms with Crippen molar-refractivity contribution in [3.63, 3.8) is 0 Å². The van der Waals surface area contributed by atoms with Crippen LogP contribution in [-0.2, 0) is 4.79 Å². The third kappa shape index (κ3) is 5.79. The van der Waals surface area contributed by atoms with Crippen molar-refractivity contribution < 1.29 is 9.53 Å². The summed E-state index contributed by atoms with van der Waals surface area (Å²) >= 11 is 12.5. The van der Waals surface area contributed by atoms with Crippen LogP contribution in [0.1, 0.15) is 23.3 Å². The highest BCUT2D eigenvalue weighted by atomic mass is 35.5. The van der Waals surface area contributed by atoms with E-state index in [1.807, 2.05) is 81.8 Å². The molecule has 0 aromatic heterocycles. The molecule has 0 bridgehead atoms. The first kappa shape index (κ1) is 23.1. The lowest BCUT2D eigenvalue weighted by Gasteiger charge is -2.33. The van der Waals surface area contributed by atoms with E-state index in [0.29, 0.717) is 17.3 Å². The minimum atomic E-state index is -0.865. The molecule has 1 amide bonds. The van der Waals surface area contributed by atoms with E-state index in [9.17, 15) is 4.79 Å². The minimum absolute atomic E-state index is 0.145. The normalized spacial score (nSPS) is 13.0. The molecular formula is C25H26Cl2N2O2. The minimum Gasteiger partial charge on any atom is -0.474 e. The molecule has 6 heteroatoms. The molecule has 2 unspecified atom stereocenters. The Kier molecular flexibility index (Phi) is 7.97. The highest BCUT2D eigenvalue weighted by Crippen LogP contribution is 2.35. The molecule has 0 aliphatic heterocycles. The van der Waals surface area contributed by atoms with Crippen LogP contribution in [0.2, 0.25) is 10.0 Å². The lowest BCUT2D eigenvalue weighted by Crippen LogP contribution is -2.41. The Morgan fingerprint density at radius 3 is 2.00 bits per heavy atom. The van der Waals surface area contributed by atoms with E-state index in [0.717, 1.165) is 11.1 Å². The summed E-state index contributed by atoms with van der Waals surface area (Å²) in [5.74, 6) is 0.201. The van der Waals surface area contributed by atoms with Gasteiger partial charge in [0, 0.05) is 19.2 Å². The first-order chi connectivity index (χ1) is 14.9. The molecule has 3 aromatic carbocycles. The second-order valence-electron chi connectivity index (χ2n) is 7.60. The highest BCUT2D eigenvalue weighted by molar-refractivity contribution is 6.42. The zero-order chi connectivity index (χ0) is 22.4. The number of halogens is 2. The number of nitrogens with zero attached hydrogens (tertiary/aromatic N) is 2. The van der Waals surface area contributed by atoms with E-state index in [1.165, 1.54) is 0 Å². The second kappa shape index (κ2) is 10.7. The molecular weight excluding hydrogens is 431 g/mol. The van der Waals surface area contributed by atoms with E-state index in [4.69, 9.17) is 27.9 Å². The van der Waals surface area contributed by atoms with Crippen molar-refractivity contribution in [3.05, 3.63) is 100 Å². The van der Waals surface area contributed by atoms with Gasteiger partial charge in [0.1, 0.15) is 10.8 Å². The number of carbonyl (C=O) groups excluding carboxylic acids is 1. The fourth-order valence-electron chi connectivity index (χ4n) is 3.40. The lowest BCUT2D eigenvalue weighted by atomic mass is 10.0. The van der Waals surface area contributed by atoms with Crippen molar-refractivity contribution in [2.24, 2.45) is 0 Å². The third-order valence-electron chi connectivity index (χ3n) is 5.03. The van der Waals surface area contributed by atoms with Gasteiger partial charge in [-0.05, 0) is 31.8 Å². The number of rotatable bonds is 8. The number of amides is 1. The summed E-state index contributed by atoms with van der Waals surface area (Å²) in [5.41, 5.74) is 1.80. The number of hydrogen-bond acceptors (Lipinski definition) is 3. The molecule has 162 valence electrons. The van der Waals surface area contributed by atoms with Gasteiger partial charge >= 0.3 is 0 Å². The average Bonchev–Trinajstić information content (AvgIpc) is 2.78. The molecule has 0 aliphatic rings. The van der Waals surface area contributed by atoms with Gasteiger partial charge in [-0.3, -0.25) is 4.79 Å². The van der Waals surface area contributed by atoms with Crippen LogP contribution in [0, 0.1) is 0 Å². The number of hydrogen-bond donors (Lipinski definition) is 0. The topological polar surface area (TPSA) is 32.8 Å². The van der Waals surface area contributed by atoms with Crippen molar-refractivity contribution in [2.45, 2.75) is 12.1 Å². The summed E-state index contributed by atoms with van der Waals surface area (Å²) in [6.07, 6.45) is -0.865. The van der Waals surface area contributed by atoms with E-state index in [-0.39, 0.29) is 17.0 Å². The predicted molar refractivity (Wildman–Crippen MR) is 127 cm³/mol. The first-order valence-corrected chi connectivity index (χ1v) is 10.8. The molecule has 0 heterocycles. The maximum atomic E-state index is 13.7. The Balaban J connectivity index is 1.97. The molecule has 3 rings (SSSR count). The SMILES string of the molecule is CN(C)CC(c1ccccc1)N(C)C(=O)C(Oc1cccc(Cl)c1Cl)c1ccccc1. The van der Waals surface area contributed by atoms with Gasteiger partial charge in [-0.1, -0.05) is 89.9 Å². The molecule has 0 spiro atoms. The van der Waals surface area contributed by atoms with Gasteiger partial charge in [0.25, 0.3) is 5.91 Å². The van der Waals surface area contributed by atoms with Crippen LogP contribution in [0.25, 0.3) is 0 Å². The number of ether oxygens (including phenoxy) is 1. The number of likely N-dealkylation sites (N-methyl/N-ethyl adjacent to an activating group) is 2. The summed E-state index contributed by atoms with van der Waals surface area (Å²) in [5, 5.41) is 0.662. The second-order valence-corrected chi connectivity index (χ2v) is 8.38. The molecule has 3 aromatic rings. The molecule has 4 nitrogen and oxygen atoms in total. The van der Waals surface area contributed by atoms with Gasteiger partial charge in [-0.25, -0.2) is 0 Å². The van der Waals surface area contributed by atoms with Crippen LogP contribution in [-0.4, -0.2) is 43.4 Å². The Bertz CT molecular complexity index is 997. The summed E-state index contributed by atoms with van der Waals surface area (Å²) < 4.78 is 6.16. The summed E-state index contributed by atoms with van der Waals surface area (Å²) in [6.45, 7) is 0.672. The Morgan fingerprint density at radius 1 is 0.839 bits per heavy atom. The molecule has 2 atom stereocenters. The van der Waals surface area contributed by atoms with Gasteiger partial charge in [0.15, 0.2) is 0 Å². The van der Waals surface area contributed by atoms with Crippen molar-refractivity contribution in [3.8, 4) is 5.75 Å². The summed E-state index contributed by atoms with van der Waals surface area (Å²) in [6, 6.07) is 24.4. The van der Waals surface area contributed by atoms with Crippen LogP contribution in [0.3, 0.4) is 0 Å². The van der Waals surface area contributed by atoms with Crippen molar-refractivity contribution in [1.29, 1.82) is 0 Å². The summed E-state index contributed by atoms with van der Waals surface area (Å²) in [7, 11) is 5.79. The Hall–Kier alpha value is -2.53. The predicted octanol–water partition coefficient (Wildman–Crippen LogP) is 5.87. The average molecular weight is 457 g/mol. The molecule has 0 radical (unpaired) electrons. The standard InChI is InChI=1S/C25H26Cl2N2O2/c1-28(2)17-21(18-11-6-4-7-12-18)29(3)25(30)24(19-13-8-5-9-14-19)31-22-16-10-15-20(26)23(22)27/h4-16,21,24H,17H2,1-3H3. The molecule has 0 fully saturated rings. The van der Waals surface area contributed by atoms with Crippen molar-refractivity contribution in [2.75, 3.05) is 27.7 Å². The van der Waals surface area contributed by atoms with Crippen LogP contribution in [0.5, 0.6) is 5.75 Å². The molecule has 0 N–H and O–H groups in total. The van der Waals surface area contributed by atoms with E-state index in [1.54, 1.807) is 23.1 Å². The molecule has 31 heavy (non-hydrogen) atoms. The number of benzene rings is 3. The van der Waals surface area contributed by atoms with Gasteiger partial charge in [0.2, 0.25) is 6.10 Å². The highest BCUT2D eigenvalue weighted by Gasteiger charge is 2.31. The largest absolute Gasteiger partial charge is 0.474 e. The molecule has 0 saturated carbocycles. The fraction of sp³-hybridized carbons (Fsp3) is 0.240. The van der Waals surface area contributed by atoms with Crippen LogP contribution >= 0.6 is 23.2 Å². The summed E-state index contributed by atoms with van der Waals surface area (Å²) in [4.78, 5) is 17.6. The van der Waals surface area contributed by atoms with Gasteiger partial charge in [-0.15, -0.1) is 0 Å². The Morgan fingerprint density at radius 2 is 1.42 bits per heavy atom. The number of carbonyl (C=O) groups is 1. The third-order valence-corrected chi connectivity index (χ3v) is 5.83. The van der Waals surface area contributed by atoms with E-state index in [2.05, 4.69) is 4.90 Å². The quantitative estimate of drug-likeness (QED) is 0.424. The van der Waals surface area contributed by atoms with Gasteiger partial charge < -0.3 is 14.5 Å².